The van der Waals surface area contributed by atoms with E-state index in [0.29, 0.717) is 17.8 Å². The molecular formula is C24H26N4O4S. The molecule has 0 aliphatic carbocycles. The van der Waals surface area contributed by atoms with Crippen LogP contribution in [-0.2, 0) is 10.0 Å². The van der Waals surface area contributed by atoms with Gasteiger partial charge in [-0.05, 0) is 55.7 Å². The van der Waals surface area contributed by atoms with Gasteiger partial charge in [-0.2, -0.15) is 4.31 Å². The summed E-state index contributed by atoms with van der Waals surface area (Å²) in [6.07, 6.45) is 4.47. The van der Waals surface area contributed by atoms with Gasteiger partial charge in [-0.3, -0.25) is 9.78 Å². The molecule has 3 aromatic rings. The fraction of sp³-hybridized carbons (Fsp3) is 0.292. The van der Waals surface area contributed by atoms with E-state index in [1.54, 1.807) is 30.6 Å². The van der Waals surface area contributed by atoms with Crippen molar-refractivity contribution >= 4 is 21.6 Å². The van der Waals surface area contributed by atoms with Crippen LogP contribution in [0.25, 0.3) is 11.1 Å². The number of nitrogens with zero attached hydrogens (tertiary/aromatic N) is 3. The van der Waals surface area contributed by atoms with Gasteiger partial charge in [0.1, 0.15) is 5.82 Å². The molecular weight excluding hydrogens is 440 g/mol. The van der Waals surface area contributed by atoms with Crippen LogP contribution < -0.4 is 5.32 Å². The molecule has 33 heavy (non-hydrogen) atoms. The summed E-state index contributed by atoms with van der Waals surface area (Å²) in [5, 5.41) is 13.8. The molecule has 1 fully saturated rings. The molecule has 1 aliphatic heterocycles. The Labute approximate surface area is 193 Å². The highest BCUT2D eigenvalue weighted by Crippen LogP contribution is 2.26. The number of β-amino-alcohol motifs (C(OH)–C–C–N with tert-alkyl or cyclic N) is 1. The molecule has 3 heterocycles. The maximum Gasteiger partial charge on any atom is 0.243 e. The number of sulfonamides is 1. The van der Waals surface area contributed by atoms with Crippen LogP contribution in [0.4, 0.5) is 5.82 Å². The van der Waals surface area contributed by atoms with Crippen molar-refractivity contribution < 1.29 is 18.3 Å². The Morgan fingerprint density at radius 1 is 1.09 bits per heavy atom. The summed E-state index contributed by atoms with van der Waals surface area (Å²) in [4.78, 5) is 20.1. The van der Waals surface area contributed by atoms with Crippen molar-refractivity contribution in [1.29, 1.82) is 0 Å². The van der Waals surface area contributed by atoms with E-state index in [1.807, 2.05) is 19.1 Å². The van der Waals surface area contributed by atoms with Crippen molar-refractivity contribution in [3.05, 3.63) is 72.2 Å². The topological polar surface area (TPSA) is 112 Å². The number of hydrogen-bond donors (Lipinski definition) is 2. The Kier molecular flexibility index (Phi) is 6.55. The van der Waals surface area contributed by atoms with Crippen LogP contribution in [0.5, 0.6) is 0 Å². The summed E-state index contributed by atoms with van der Waals surface area (Å²) in [7, 11) is -3.76. The van der Waals surface area contributed by atoms with E-state index in [-0.39, 0.29) is 29.8 Å². The summed E-state index contributed by atoms with van der Waals surface area (Å²) in [6, 6.07) is 11.7. The van der Waals surface area contributed by atoms with Crippen LogP contribution in [0, 0.1) is 6.92 Å². The van der Waals surface area contributed by atoms with Gasteiger partial charge in [0, 0.05) is 42.8 Å². The third kappa shape index (κ3) is 5.11. The lowest BCUT2D eigenvalue weighted by Gasteiger charge is -2.35. The fourth-order valence-electron chi connectivity index (χ4n) is 3.79. The van der Waals surface area contributed by atoms with Gasteiger partial charge < -0.3 is 10.4 Å². The molecule has 0 unspecified atom stereocenters. The van der Waals surface area contributed by atoms with E-state index >= 15 is 0 Å². The lowest BCUT2D eigenvalue weighted by atomic mass is 10.0. The van der Waals surface area contributed by atoms with Crippen molar-refractivity contribution in [2.75, 3.05) is 18.4 Å². The second-order valence-corrected chi connectivity index (χ2v) is 10.2. The number of piperidine rings is 1. The van der Waals surface area contributed by atoms with Gasteiger partial charge in [-0.15, -0.1) is 0 Å². The third-order valence-electron chi connectivity index (χ3n) is 5.76. The number of pyridine rings is 2. The fourth-order valence-corrected chi connectivity index (χ4v) is 5.26. The number of aliphatic hydroxyl groups is 1. The second-order valence-electron chi connectivity index (χ2n) is 8.23. The van der Waals surface area contributed by atoms with Crippen LogP contribution in [0.15, 0.2) is 66.0 Å². The molecule has 2 N–H and O–H groups in total. The molecule has 1 aliphatic rings. The van der Waals surface area contributed by atoms with E-state index in [9.17, 15) is 18.3 Å². The van der Waals surface area contributed by atoms with E-state index in [2.05, 4.69) is 15.3 Å². The van der Waals surface area contributed by atoms with Gasteiger partial charge in [-0.1, -0.05) is 18.2 Å². The number of carbonyl (C=O) groups excluding carboxylic acids is 1. The van der Waals surface area contributed by atoms with Gasteiger partial charge >= 0.3 is 0 Å². The first kappa shape index (κ1) is 23.0. The molecule has 0 amide bonds. The Bertz CT molecular complexity index is 1240. The average Bonchev–Trinajstić information content (AvgIpc) is 2.82. The average molecular weight is 467 g/mol. The summed E-state index contributed by atoms with van der Waals surface area (Å²) < 4.78 is 27.6. The zero-order chi connectivity index (χ0) is 23.6. The first-order valence-corrected chi connectivity index (χ1v) is 12.1. The summed E-state index contributed by atoms with van der Waals surface area (Å²) in [5.41, 5.74) is 3.03. The highest BCUT2D eigenvalue weighted by Gasteiger charge is 2.34. The molecule has 0 bridgehead atoms. The van der Waals surface area contributed by atoms with Gasteiger partial charge in [-0.25, -0.2) is 13.4 Å². The molecule has 0 radical (unpaired) electrons. The summed E-state index contributed by atoms with van der Waals surface area (Å²) in [6.45, 7) is 3.70. The number of aryl methyl sites for hydroxylation is 1. The van der Waals surface area contributed by atoms with Gasteiger partial charge in [0.25, 0.3) is 0 Å². The number of benzene rings is 1. The SMILES string of the molecule is CC(=O)c1cncc(-c2ccc(S(=O)(=O)N3CC[C@@H](Nc4ccc(C)cn4)[C@@H](O)C3)cc2)c1. The molecule has 172 valence electrons. The Balaban J connectivity index is 1.45. The predicted octanol–water partition coefficient (Wildman–Crippen LogP) is 2.89. The standard InChI is InChI=1S/C24H26N4O4S/c1-16-3-8-24(26-12-16)27-22-9-10-28(15-23(22)30)33(31,32)21-6-4-18(5-7-21)20-11-19(17(2)29)13-25-14-20/h3-8,11-14,22-23,30H,9-10,15H2,1-2H3,(H,26,27)/t22-,23+/m1/s1. The van der Waals surface area contributed by atoms with Gasteiger partial charge in [0.15, 0.2) is 5.78 Å². The van der Waals surface area contributed by atoms with E-state index in [4.69, 9.17) is 0 Å². The molecule has 1 saturated heterocycles. The minimum absolute atomic E-state index is 0.00180. The molecule has 2 aromatic heterocycles. The number of aliphatic hydroxyl groups excluding tert-OH is 1. The van der Waals surface area contributed by atoms with Gasteiger partial charge in [0.2, 0.25) is 10.0 Å². The number of aromatic nitrogens is 2. The number of Topliss-reactive ketones (excluding diaryl/α,β-unsaturated/α-hetero) is 1. The maximum atomic E-state index is 13.2. The Morgan fingerprint density at radius 3 is 2.48 bits per heavy atom. The Hall–Kier alpha value is -3.14. The smallest absolute Gasteiger partial charge is 0.243 e. The van der Waals surface area contributed by atoms with Crippen LogP contribution in [0.2, 0.25) is 0 Å². The van der Waals surface area contributed by atoms with Crippen LogP contribution in [0.3, 0.4) is 0 Å². The minimum Gasteiger partial charge on any atom is -0.390 e. The van der Waals surface area contributed by atoms with Crippen molar-refractivity contribution in [3.63, 3.8) is 0 Å². The number of nitrogens with one attached hydrogen (secondary N) is 1. The summed E-state index contributed by atoms with van der Waals surface area (Å²) >= 11 is 0. The quantitative estimate of drug-likeness (QED) is 0.537. The van der Waals surface area contributed by atoms with Gasteiger partial charge in [0.05, 0.1) is 17.0 Å². The third-order valence-corrected chi connectivity index (χ3v) is 7.64. The zero-order valence-corrected chi connectivity index (χ0v) is 19.3. The molecule has 8 nitrogen and oxygen atoms in total. The number of hydrogen-bond acceptors (Lipinski definition) is 7. The number of ketones is 1. The lowest BCUT2D eigenvalue weighted by Crippen LogP contribution is -2.51. The van der Waals surface area contributed by atoms with Crippen molar-refractivity contribution in [2.45, 2.75) is 37.3 Å². The first-order chi connectivity index (χ1) is 15.7. The van der Waals surface area contributed by atoms with E-state index in [0.717, 1.165) is 16.7 Å². The minimum atomic E-state index is -3.76. The van der Waals surface area contributed by atoms with Crippen LogP contribution >= 0.6 is 0 Å². The van der Waals surface area contributed by atoms with Crippen molar-refractivity contribution in [3.8, 4) is 11.1 Å². The maximum absolute atomic E-state index is 13.2. The molecule has 0 saturated carbocycles. The van der Waals surface area contributed by atoms with E-state index in [1.165, 1.54) is 29.6 Å². The van der Waals surface area contributed by atoms with Crippen molar-refractivity contribution in [1.82, 2.24) is 14.3 Å². The first-order valence-electron chi connectivity index (χ1n) is 10.7. The predicted molar refractivity (Wildman–Crippen MR) is 125 cm³/mol. The van der Waals surface area contributed by atoms with Crippen LogP contribution in [0.1, 0.15) is 29.3 Å². The van der Waals surface area contributed by atoms with Crippen molar-refractivity contribution in [2.24, 2.45) is 0 Å². The number of rotatable bonds is 6. The van der Waals surface area contributed by atoms with E-state index < -0.39 is 16.1 Å². The lowest BCUT2D eigenvalue weighted by molar-refractivity contribution is 0.0949. The normalized spacial score (nSPS) is 19.2. The number of carbonyl (C=O) groups is 1. The molecule has 9 heteroatoms. The zero-order valence-electron chi connectivity index (χ0n) is 18.5. The summed E-state index contributed by atoms with van der Waals surface area (Å²) in [5.74, 6) is 0.568. The molecule has 1 aromatic carbocycles. The largest absolute Gasteiger partial charge is 0.390 e. The van der Waals surface area contributed by atoms with Crippen LogP contribution in [-0.4, -0.2) is 58.8 Å². The second kappa shape index (κ2) is 9.38. The highest BCUT2D eigenvalue weighted by atomic mass is 32.2. The highest BCUT2D eigenvalue weighted by molar-refractivity contribution is 7.89. The molecule has 0 spiro atoms. The molecule has 2 atom stereocenters. The number of anilines is 1. The molecule has 4 rings (SSSR count). The monoisotopic (exact) mass is 466 g/mol. The Morgan fingerprint density at radius 2 is 1.85 bits per heavy atom.